The maximum absolute atomic E-state index is 10.7. The first kappa shape index (κ1) is 11.9. The first-order valence-corrected chi connectivity index (χ1v) is 4.20. The van der Waals surface area contributed by atoms with E-state index in [1.165, 1.54) is 13.2 Å². The second-order valence-corrected chi connectivity index (χ2v) is 3.66. The molecule has 0 aliphatic carbocycles. The summed E-state index contributed by atoms with van der Waals surface area (Å²) in [4.78, 5) is 20.9. The van der Waals surface area contributed by atoms with Crippen molar-refractivity contribution in [2.45, 2.75) is 26.7 Å². The summed E-state index contributed by atoms with van der Waals surface area (Å²) in [7, 11) is 1.34. The molecule has 3 heteroatoms. The van der Waals surface area contributed by atoms with Gasteiger partial charge in [0, 0.05) is 12.5 Å². The van der Waals surface area contributed by atoms with Crippen molar-refractivity contribution in [3.8, 4) is 0 Å². The van der Waals surface area contributed by atoms with Gasteiger partial charge in [-0.25, -0.2) is 4.79 Å². The number of allylic oxidation sites excluding steroid dienone is 1. The Kier molecular flexibility index (Phi) is 5.04. The lowest BCUT2D eigenvalue weighted by atomic mass is 9.86. The van der Waals surface area contributed by atoms with Gasteiger partial charge in [0.15, 0.2) is 0 Å². The number of carbonyl (C=O) groups excluding carboxylic acids is 2. The second-order valence-electron chi connectivity index (χ2n) is 3.66. The molecule has 0 saturated heterocycles. The van der Waals surface area contributed by atoms with E-state index >= 15 is 0 Å². The van der Waals surface area contributed by atoms with Gasteiger partial charge in [-0.1, -0.05) is 19.9 Å². The first-order chi connectivity index (χ1) is 6.02. The molecular formula is C10H16O3. The van der Waals surface area contributed by atoms with Crippen LogP contribution in [0.15, 0.2) is 12.2 Å². The zero-order valence-electron chi connectivity index (χ0n) is 8.37. The Hall–Kier alpha value is -1.12. The van der Waals surface area contributed by atoms with Crippen LogP contribution < -0.4 is 0 Å². The van der Waals surface area contributed by atoms with Gasteiger partial charge >= 0.3 is 5.97 Å². The molecule has 0 atom stereocenters. The van der Waals surface area contributed by atoms with E-state index in [0.29, 0.717) is 12.8 Å². The average molecular weight is 184 g/mol. The molecule has 0 N–H and O–H groups in total. The summed E-state index contributed by atoms with van der Waals surface area (Å²) in [5.74, 6) is -0.359. The van der Waals surface area contributed by atoms with Crippen molar-refractivity contribution in [3.05, 3.63) is 12.2 Å². The molecule has 0 fully saturated rings. The fraction of sp³-hybridized carbons (Fsp3) is 0.600. The van der Waals surface area contributed by atoms with Crippen LogP contribution >= 0.6 is 0 Å². The van der Waals surface area contributed by atoms with Crippen LogP contribution in [-0.4, -0.2) is 19.4 Å². The Balaban J connectivity index is 3.92. The van der Waals surface area contributed by atoms with Crippen LogP contribution in [-0.2, 0) is 14.3 Å². The molecule has 0 aromatic rings. The van der Waals surface area contributed by atoms with E-state index in [9.17, 15) is 9.59 Å². The van der Waals surface area contributed by atoms with Gasteiger partial charge < -0.3 is 9.53 Å². The minimum Gasteiger partial charge on any atom is -0.466 e. The van der Waals surface area contributed by atoms with Crippen LogP contribution in [0.4, 0.5) is 0 Å². The van der Waals surface area contributed by atoms with E-state index in [1.807, 2.05) is 13.8 Å². The molecule has 13 heavy (non-hydrogen) atoms. The Morgan fingerprint density at radius 2 is 2.00 bits per heavy atom. The molecule has 74 valence electrons. The third-order valence-corrected chi connectivity index (χ3v) is 1.76. The quantitative estimate of drug-likeness (QED) is 0.371. The molecule has 0 bridgehead atoms. The monoisotopic (exact) mass is 184 g/mol. The molecule has 0 rings (SSSR count). The van der Waals surface area contributed by atoms with Gasteiger partial charge in [0.05, 0.1) is 7.11 Å². The Bertz CT molecular complexity index is 204. The van der Waals surface area contributed by atoms with E-state index in [-0.39, 0.29) is 11.4 Å². The van der Waals surface area contributed by atoms with Crippen molar-refractivity contribution in [1.82, 2.24) is 0 Å². The summed E-state index contributed by atoms with van der Waals surface area (Å²) in [5.41, 5.74) is -0.0771. The van der Waals surface area contributed by atoms with E-state index in [4.69, 9.17) is 0 Å². The van der Waals surface area contributed by atoms with Crippen molar-refractivity contribution >= 4 is 12.3 Å². The van der Waals surface area contributed by atoms with E-state index < -0.39 is 0 Å². The zero-order valence-corrected chi connectivity index (χ0v) is 8.37. The maximum atomic E-state index is 10.7. The minimum atomic E-state index is -0.359. The molecule has 0 spiro atoms. The maximum Gasteiger partial charge on any atom is 0.330 e. The first-order valence-electron chi connectivity index (χ1n) is 4.20. The molecule has 0 radical (unpaired) electrons. The van der Waals surface area contributed by atoms with Crippen LogP contribution in [0.5, 0.6) is 0 Å². The van der Waals surface area contributed by atoms with Crippen LogP contribution in [0.2, 0.25) is 0 Å². The highest BCUT2D eigenvalue weighted by molar-refractivity contribution is 5.81. The van der Waals surface area contributed by atoms with Crippen molar-refractivity contribution in [2.24, 2.45) is 5.41 Å². The van der Waals surface area contributed by atoms with Crippen LogP contribution in [0.3, 0.4) is 0 Å². The topological polar surface area (TPSA) is 43.4 Å². The van der Waals surface area contributed by atoms with Gasteiger partial charge in [0.1, 0.15) is 6.29 Å². The van der Waals surface area contributed by atoms with Gasteiger partial charge in [-0.15, -0.1) is 0 Å². The minimum absolute atomic E-state index is 0.0771. The fourth-order valence-corrected chi connectivity index (χ4v) is 0.851. The van der Waals surface area contributed by atoms with Crippen molar-refractivity contribution in [1.29, 1.82) is 0 Å². The van der Waals surface area contributed by atoms with Crippen molar-refractivity contribution in [3.63, 3.8) is 0 Å². The number of rotatable bonds is 5. The Morgan fingerprint density at radius 1 is 1.38 bits per heavy atom. The highest BCUT2D eigenvalue weighted by Crippen LogP contribution is 2.23. The Morgan fingerprint density at radius 3 is 2.46 bits per heavy atom. The molecule has 0 aromatic heterocycles. The SMILES string of the molecule is COC(=O)/C=C\CC(C)(C)CC=O. The number of hydrogen-bond acceptors (Lipinski definition) is 3. The lowest BCUT2D eigenvalue weighted by molar-refractivity contribution is -0.134. The number of methoxy groups -OCH3 is 1. The van der Waals surface area contributed by atoms with Gasteiger partial charge in [-0.2, -0.15) is 0 Å². The number of hydrogen-bond donors (Lipinski definition) is 0. The lowest BCUT2D eigenvalue weighted by Crippen LogP contribution is -2.10. The van der Waals surface area contributed by atoms with Crippen LogP contribution in [0, 0.1) is 5.41 Å². The fourth-order valence-electron chi connectivity index (χ4n) is 0.851. The molecule has 0 aromatic carbocycles. The lowest BCUT2D eigenvalue weighted by Gasteiger charge is -2.18. The van der Waals surface area contributed by atoms with Crippen molar-refractivity contribution < 1.29 is 14.3 Å². The summed E-state index contributed by atoms with van der Waals surface area (Å²) in [5, 5.41) is 0. The van der Waals surface area contributed by atoms with Gasteiger partial charge in [0.25, 0.3) is 0 Å². The molecule has 0 saturated carbocycles. The normalized spacial score (nSPS) is 11.6. The summed E-state index contributed by atoms with van der Waals surface area (Å²) in [6.07, 6.45) is 5.20. The van der Waals surface area contributed by atoms with Gasteiger partial charge in [0.2, 0.25) is 0 Å². The molecule has 0 amide bonds. The highest BCUT2D eigenvalue weighted by Gasteiger charge is 2.14. The summed E-state index contributed by atoms with van der Waals surface area (Å²) in [6, 6.07) is 0. The Labute approximate surface area is 78.8 Å². The predicted octanol–water partition coefficient (Wildman–Crippen LogP) is 1.72. The molecule has 0 aliphatic heterocycles. The predicted molar refractivity (Wildman–Crippen MR) is 50.2 cm³/mol. The molecule has 0 heterocycles. The van der Waals surface area contributed by atoms with Crippen LogP contribution in [0.1, 0.15) is 26.7 Å². The smallest absolute Gasteiger partial charge is 0.330 e. The standard InChI is InChI=1S/C10H16O3/c1-10(2,7-8-11)6-4-5-9(12)13-3/h4-5,8H,6-7H2,1-3H3/b5-4-. The van der Waals surface area contributed by atoms with Crippen molar-refractivity contribution in [2.75, 3.05) is 7.11 Å². The molecular weight excluding hydrogens is 168 g/mol. The highest BCUT2D eigenvalue weighted by atomic mass is 16.5. The summed E-state index contributed by atoms with van der Waals surface area (Å²) >= 11 is 0. The zero-order chi connectivity index (χ0) is 10.3. The van der Waals surface area contributed by atoms with E-state index in [1.54, 1.807) is 6.08 Å². The molecule has 3 nitrogen and oxygen atoms in total. The number of esters is 1. The van der Waals surface area contributed by atoms with Gasteiger partial charge in [-0.05, 0) is 11.8 Å². The van der Waals surface area contributed by atoms with E-state index in [2.05, 4.69) is 4.74 Å². The van der Waals surface area contributed by atoms with E-state index in [0.717, 1.165) is 6.29 Å². The number of ether oxygens (including phenoxy) is 1. The second kappa shape index (κ2) is 5.51. The molecule has 0 aliphatic rings. The summed E-state index contributed by atoms with van der Waals surface area (Å²) < 4.78 is 4.43. The number of aldehydes is 1. The third kappa shape index (κ3) is 6.08. The number of carbonyl (C=O) groups is 2. The van der Waals surface area contributed by atoms with Gasteiger partial charge in [-0.3, -0.25) is 0 Å². The largest absolute Gasteiger partial charge is 0.466 e. The van der Waals surface area contributed by atoms with Crippen LogP contribution in [0.25, 0.3) is 0 Å². The third-order valence-electron chi connectivity index (χ3n) is 1.76. The summed E-state index contributed by atoms with van der Waals surface area (Å²) in [6.45, 7) is 3.95. The molecule has 0 unspecified atom stereocenters. The average Bonchev–Trinajstić information content (AvgIpc) is 2.03.